The molecule has 104 valence electrons. The molecule has 1 N–H and O–H groups in total. The molecule has 0 atom stereocenters. The van der Waals surface area contributed by atoms with Crippen molar-refractivity contribution >= 4 is 23.0 Å². The highest BCUT2D eigenvalue weighted by atomic mass is 16.4. The van der Waals surface area contributed by atoms with Crippen molar-refractivity contribution in [3.8, 4) is 0 Å². The summed E-state index contributed by atoms with van der Waals surface area (Å²) in [6.07, 6.45) is 0. The number of carbonyl (C=O) groups is 1. The van der Waals surface area contributed by atoms with Crippen LogP contribution in [0, 0.1) is 6.92 Å². The van der Waals surface area contributed by atoms with Gasteiger partial charge < -0.3 is 5.11 Å². The van der Waals surface area contributed by atoms with Gasteiger partial charge in [-0.3, -0.25) is 0 Å². The van der Waals surface area contributed by atoms with Gasteiger partial charge in [0.25, 0.3) is 0 Å². The van der Waals surface area contributed by atoms with Gasteiger partial charge in [-0.05, 0) is 54.4 Å². The minimum atomic E-state index is -0.983. The zero-order valence-electron chi connectivity index (χ0n) is 11.1. The normalized spacial score (nSPS) is 10.3. The molecule has 0 aliphatic carbocycles. The average molecular weight is 281 g/mol. The highest BCUT2D eigenvalue weighted by Crippen LogP contribution is 2.26. The van der Waals surface area contributed by atoms with Gasteiger partial charge in [-0.1, -0.05) is 11.2 Å². The van der Waals surface area contributed by atoms with Crippen molar-refractivity contribution in [1.82, 2.24) is 0 Å². The summed E-state index contributed by atoms with van der Waals surface area (Å²) < 4.78 is 0. The average Bonchev–Trinajstić information content (AvgIpc) is 2.47. The Morgan fingerprint density at radius 2 is 1.76 bits per heavy atom. The van der Waals surface area contributed by atoms with Gasteiger partial charge in [0.15, 0.2) is 0 Å². The summed E-state index contributed by atoms with van der Waals surface area (Å²) in [4.78, 5) is 13.4. The van der Waals surface area contributed by atoms with Crippen molar-refractivity contribution in [2.45, 2.75) is 6.92 Å². The van der Waals surface area contributed by atoms with E-state index < -0.39 is 5.97 Å². The second-order valence-electron chi connectivity index (χ2n) is 4.21. The van der Waals surface area contributed by atoms with Gasteiger partial charge in [-0.15, -0.1) is 0 Å². The fourth-order valence-corrected chi connectivity index (χ4v) is 1.65. The van der Waals surface area contributed by atoms with Crippen LogP contribution < -0.4 is 0 Å². The smallest absolute Gasteiger partial charge is 0.335 e. The van der Waals surface area contributed by atoms with Crippen LogP contribution in [0.25, 0.3) is 10.4 Å². The maximum Gasteiger partial charge on any atom is 0.335 e. The number of aryl methyl sites for hydroxylation is 1. The summed E-state index contributed by atoms with van der Waals surface area (Å²) in [6, 6.07) is 11.2. The number of aromatic carboxylic acids is 1. The summed E-state index contributed by atoms with van der Waals surface area (Å²) in [5.41, 5.74) is 11.1. The molecular formula is C14H11N5O2. The molecule has 0 heterocycles. The van der Waals surface area contributed by atoms with Crippen LogP contribution in [0.3, 0.4) is 0 Å². The van der Waals surface area contributed by atoms with Gasteiger partial charge in [-0.25, -0.2) is 4.79 Å². The van der Waals surface area contributed by atoms with Gasteiger partial charge in [0.1, 0.15) is 0 Å². The van der Waals surface area contributed by atoms with Gasteiger partial charge in [0.2, 0.25) is 0 Å². The molecule has 0 saturated heterocycles. The Labute approximate surface area is 120 Å². The predicted octanol–water partition coefficient (Wildman–Crippen LogP) is 5.05. The van der Waals surface area contributed by atoms with Gasteiger partial charge in [0, 0.05) is 10.6 Å². The lowest BCUT2D eigenvalue weighted by Gasteiger charge is -2.00. The molecule has 0 unspecified atom stereocenters. The molecule has 2 aromatic rings. The van der Waals surface area contributed by atoms with E-state index in [1.807, 2.05) is 6.92 Å². The number of carboxylic acid groups (broad SMARTS) is 1. The van der Waals surface area contributed by atoms with E-state index in [4.69, 9.17) is 10.6 Å². The van der Waals surface area contributed by atoms with Crippen molar-refractivity contribution in [2.24, 2.45) is 15.3 Å². The maximum atomic E-state index is 10.7. The molecule has 2 aromatic carbocycles. The summed E-state index contributed by atoms with van der Waals surface area (Å²) >= 11 is 0. The molecule has 7 nitrogen and oxygen atoms in total. The van der Waals surface area contributed by atoms with E-state index in [0.29, 0.717) is 17.1 Å². The van der Waals surface area contributed by atoms with Gasteiger partial charge >= 0.3 is 5.97 Å². The Hall–Kier alpha value is -3.18. The van der Waals surface area contributed by atoms with E-state index in [9.17, 15) is 4.79 Å². The Morgan fingerprint density at radius 3 is 2.33 bits per heavy atom. The van der Waals surface area contributed by atoms with Crippen molar-refractivity contribution in [2.75, 3.05) is 0 Å². The van der Waals surface area contributed by atoms with Crippen LogP contribution in [0.15, 0.2) is 57.8 Å². The second kappa shape index (κ2) is 6.31. The Bertz CT molecular complexity index is 746. The van der Waals surface area contributed by atoms with Gasteiger partial charge in [0.05, 0.1) is 16.9 Å². The molecule has 0 amide bonds. The largest absolute Gasteiger partial charge is 0.478 e. The van der Waals surface area contributed by atoms with E-state index in [1.54, 1.807) is 30.3 Å². The molecule has 0 bridgehead atoms. The number of benzene rings is 2. The molecular weight excluding hydrogens is 270 g/mol. The van der Waals surface area contributed by atoms with E-state index in [-0.39, 0.29) is 5.56 Å². The summed E-state index contributed by atoms with van der Waals surface area (Å²) in [5, 5.41) is 20.4. The maximum absolute atomic E-state index is 10.7. The summed E-state index contributed by atoms with van der Waals surface area (Å²) in [5.74, 6) is -0.983. The van der Waals surface area contributed by atoms with Crippen molar-refractivity contribution in [1.29, 1.82) is 0 Å². The Morgan fingerprint density at radius 1 is 1.10 bits per heavy atom. The van der Waals surface area contributed by atoms with E-state index in [2.05, 4.69) is 20.3 Å². The molecule has 0 aliphatic heterocycles. The molecule has 0 saturated carbocycles. The van der Waals surface area contributed by atoms with Crippen molar-refractivity contribution < 1.29 is 9.90 Å². The minimum Gasteiger partial charge on any atom is -0.478 e. The monoisotopic (exact) mass is 281 g/mol. The lowest BCUT2D eigenvalue weighted by atomic mass is 10.2. The zero-order chi connectivity index (χ0) is 15.2. The van der Waals surface area contributed by atoms with E-state index >= 15 is 0 Å². The molecule has 7 heteroatoms. The lowest BCUT2D eigenvalue weighted by molar-refractivity contribution is 0.0697. The molecule has 2 rings (SSSR count). The van der Waals surface area contributed by atoms with Crippen molar-refractivity contribution in [3.05, 3.63) is 64.0 Å². The zero-order valence-corrected chi connectivity index (χ0v) is 11.1. The highest BCUT2D eigenvalue weighted by molar-refractivity contribution is 5.87. The number of hydrogen-bond donors (Lipinski definition) is 1. The molecule has 0 fully saturated rings. The minimum absolute atomic E-state index is 0.198. The first-order valence-electron chi connectivity index (χ1n) is 6.01. The molecule has 21 heavy (non-hydrogen) atoms. The number of azide groups is 1. The third-order valence-electron chi connectivity index (χ3n) is 2.73. The molecule has 0 aliphatic rings. The Kier molecular flexibility index (Phi) is 4.28. The Balaban J connectivity index is 2.20. The highest BCUT2D eigenvalue weighted by Gasteiger charge is 2.01. The van der Waals surface area contributed by atoms with Crippen LogP contribution >= 0.6 is 0 Å². The molecule has 0 spiro atoms. The van der Waals surface area contributed by atoms with Crippen LogP contribution in [0.5, 0.6) is 0 Å². The first-order valence-corrected chi connectivity index (χ1v) is 6.01. The van der Waals surface area contributed by atoms with Crippen LogP contribution in [-0.2, 0) is 0 Å². The second-order valence-corrected chi connectivity index (χ2v) is 4.21. The first kappa shape index (κ1) is 14.2. The number of carboxylic acids is 1. The number of nitrogens with zero attached hydrogens (tertiary/aromatic N) is 5. The van der Waals surface area contributed by atoms with Crippen molar-refractivity contribution in [3.63, 3.8) is 0 Å². The quantitative estimate of drug-likeness (QED) is 0.480. The summed E-state index contributed by atoms with van der Waals surface area (Å²) in [7, 11) is 0. The standard InChI is InChI=1S/C14H11N5O2/c1-9-8-12(17-19-15)6-7-13(9)18-16-11-4-2-10(3-5-11)14(20)21/h2-8H,1H3,(H,20,21). The van der Waals surface area contributed by atoms with Crippen LogP contribution in [0.2, 0.25) is 0 Å². The third kappa shape index (κ3) is 3.65. The van der Waals surface area contributed by atoms with E-state index in [1.165, 1.54) is 12.1 Å². The summed E-state index contributed by atoms with van der Waals surface area (Å²) in [6.45, 7) is 1.83. The molecule has 0 radical (unpaired) electrons. The topological polar surface area (TPSA) is 111 Å². The third-order valence-corrected chi connectivity index (χ3v) is 2.73. The number of hydrogen-bond acceptors (Lipinski definition) is 4. The molecule has 0 aromatic heterocycles. The van der Waals surface area contributed by atoms with Crippen LogP contribution in [0.1, 0.15) is 15.9 Å². The SMILES string of the molecule is Cc1cc(N=[N+]=[N-])ccc1N=Nc1ccc(C(=O)O)cc1. The van der Waals surface area contributed by atoms with E-state index in [0.717, 1.165) is 5.56 Å². The number of azo groups is 1. The lowest BCUT2D eigenvalue weighted by Crippen LogP contribution is -1.93. The predicted molar refractivity (Wildman–Crippen MR) is 77.6 cm³/mol. The van der Waals surface area contributed by atoms with Crippen LogP contribution in [-0.4, -0.2) is 11.1 Å². The van der Waals surface area contributed by atoms with Crippen LogP contribution in [0.4, 0.5) is 17.1 Å². The number of rotatable bonds is 4. The first-order chi connectivity index (χ1) is 10.1. The fourth-order valence-electron chi connectivity index (χ4n) is 1.65. The van der Waals surface area contributed by atoms with Gasteiger partial charge in [-0.2, -0.15) is 10.2 Å². The fraction of sp³-hybridized carbons (Fsp3) is 0.0714.